The maximum Gasteiger partial charge on any atom is 0.407 e. The summed E-state index contributed by atoms with van der Waals surface area (Å²) in [7, 11) is 3.77. The molecule has 0 bridgehead atoms. The first-order chi connectivity index (χ1) is 27.8. The number of unbranched alkanes of at least 4 members (excludes halogenated alkanes) is 2. The predicted molar refractivity (Wildman–Crippen MR) is 218 cm³/mol. The van der Waals surface area contributed by atoms with E-state index in [1.54, 1.807) is 19.1 Å². The highest BCUT2D eigenvalue weighted by atomic mass is 31.2. The highest BCUT2D eigenvalue weighted by molar-refractivity contribution is 7.58. The lowest BCUT2D eigenvalue weighted by molar-refractivity contribution is -0.466. The maximum atomic E-state index is 13.4. The van der Waals surface area contributed by atoms with Gasteiger partial charge >= 0.3 is 18.0 Å². The predicted octanol–water partition coefficient (Wildman–Crippen LogP) is 3.49. The number of ether oxygens (including phenoxy) is 5. The lowest BCUT2D eigenvalue weighted by Crippen LogP contribution is -2.73. The van der Waals surface area contributed by atoms with Crippen molar-refractivity contribution in [2.75, 3.05) is 105 Å². The number of allylic oxidation sites excluding steroid dienone is 1. The van der Waals surface area contributed by atoms with Crippen LogP contribution in [0, 0.1) is 0 Å². The van der Waals surface area contributed by atoms with E-state index in [4.69, 9.17) is 23.7 Å². The molecule has 318 valence electrons. The van der Waals surface area contributed by atoms with Gasteiger partial charge in [0.2, 0.25) is 0 Å². The molecule has 2 unspecified atom stereocenters. The average Bonchev–Trinajstić information content (AvgIpc) is 3.19. The lowest BCUT2D eigenvalue weighted by Gasteiger charge is -2.31. The van der Waals surface area contributed by atoms with Gasteiger partial charge in [-0.1, -0.05) is 18.2 Å². The van der Waals surface area contributed by atoms with E-state index in [0.29, 0.717) is 61.8 Å². The number of hydrogen-bond acceptors (Lipinski definition) is 11. The number of hydrogen-bond donors (Lipinski definition) is 4. The van der Waals surface area contributed by atoms with Gasteiger partial charge in [0.15, 0.2) is 0 Å². The van der Waals surface area contributed by atoms with Crippen LogP contribution in [0.4, 0.5) is 14.7 Å². The van der Waals surface area contributed by atoms with E-state index in [2.05, 4.69) is 19.7 Å². The van der Waals surface area contributed by atoms with Crippen LogP contribution in [0.15, 0.2) is 66.0 Å². The number of aliphatic hydroxyl groups is 1. The van der Waals surface area contributed by atoms with Crippen LogP contribution in [-0.4, -0.2) is 139 Å². The molecular formula is C41H57FN4O11P+. The highest BCUT2D eigenvalue weighted by Crippen LogP contribution is 2.52. The first kappa shape index (κ1) is 46.3. The third-order valence-corrected chi connectivity index (χ3v) is 10.5. The van der Waals surface area contributed by atoms with Crippen LogP contribution in [0.3, 0.4) is 0 Å². The Kier molecular flexibility index (Phi) is 18.6. The molecule has 1 heterocycles. The van der Waals surface area contributed by atoms with Crippen molar-refractivity contribution in [3.05, 3.63) is 88.2 Å². The summed E-state index contributed by atoms with van der Waals surface area (Å²) in [6.07, 6.45) is 7.33. The van der Waals surface area contributed by atoms with Crippen molar-refractivity contribution in [3.63, 3.8) is 0 Å². The van der Waals surface area contributed by atoms with Crippen molar-refractivity contribution in [3.8, 4) is 5.75 Å². The van der Waals surface area contributed by atoms with E-state index in [9.17, 15) is 28.9 Å². The molecule has 58 heavy (non-hydrogen) atoms. The van der Waals surface area contributed by atoms with E-state index in [0.717, 1.165) is 28.8 Å². The van der Waals surface area contributed by atoms with E-state index in [1.807, 2.05) is 69.5 Å². The molecule has 15 nitrogen and oxygen atoms in total. The zero-order chi connectivity index (χ0) is 42.1. The Morgan fingerprint density at radius 1 is 0.931 bits per heavy atom. The third kappa shape index (κ3) is 14.2. The molecule has 0 aromatic heterocycles. The molecule has 0 radical (unpaired) electrons. The maximum absolute atomic E-state index is 13.4. The molecule has 4 N–H and O–H groups in total. The van der Waals surface area contributed by atoms with Gasteiger partial charge in [0.1, 0.15) is 30.8 Å². The standard InChI is InChI=1S/C41H56FN4O11P/c1-6-56-58(42,51)25-24-54-21-20-52-18-19-53-22-23-55-41(50)44-17-9-7-8-16-43-39(47)29-10-13-32(35(26-29)40(48)49)38-33-14-11-30(45(2)3)27-36(33)57-37-28-31(46(4)5)12-15-34(37)38/h10-15,26-28,30H,6-9,16-25H2,1-5H3,(H,43,47)(H,44,50)(H,48,49)/p+1. The summed E-state index contributed by atoms with van der Waals surface area (Å²) >= 11 is 0. The van der Waals surface area contributed by atoms with Crippen LogP contribution in [-0.2, 0) is 23.5 Å². The fourth-order valence-electron chi connectivity index (χ4n) is 6.06. The van der Waals surface area contributed by atoms with Gasteiger partial charge in [0.25, 0.3) is 8.03 Å². The smallest absolute Gasteiger partial charge is 0.407 e. The fraction of sp³-hybridized carbons (Fsp3) is 0.488. The number of fused-ring (bicyclic) bond motifs is 2. The number of benzene rings is 2. The number of carboxylic acid groups (broad SMARTS) is 1. The number of aromatic carboxylic acids is 1. The molecule has 17 heteroatoms. The van der Waals surface area contributed by atoms with E-state index in [-0.39, 0.29) is 63.3 Å². The Labute approximate surface area is 340 Å². The number of alkyl carbamates (subject to hydrolysis) is 1. The van der Waals surface area contributed by atoms with Crippen molar-refractivity contribution in [2.24, 2.45) is 0 Å². The molecule has 2 atom stereocenters. The zero-order valence-electron chi connectivity index (χ0n) is 34.0. The number of likely N-dealkylation sites (N-methyl/N-ethyl adjacent to an activating group) is 1. The topological polar surface area (TPSA) is 186 Å². The van der Waals surface area contributed by atoms with Gasteiger partial charge in [-0.15, -0.1) is 0 Å². The number of anilines is 1. The molecule has 1 aliphatic heterocycles. The molecule has 0 fully saturated rings. The Bertz CT molecular complexity index is 1820. The molecule has 0 spiro atoms. The number of nitrogens with one attached hydrogen (secondary N) is 2. The van der Waals surface area contributed by atoms with Gasteiger partial charge in [-0.2, -0.15) is 0 Å². The summed E-state index contributed by atoms with van der Waals surface area (Å²) < 4.78 is 45.3. The van der Waals surface area contributed by atoms with Crippen LogP contribution < -0.4 is 24.8 Å². The summed E-state index contributed by atoms with van der Waals surface area (Å²) in [6, 6.07) is 10.8. The fourth-order valence-corrected chi connectivity index (χ4v) is 6.92. The summed E-state index contributed by atoms with van der Waals surface area (Å²) in [5.74, 6) is 0.0268. The van der Waals surface area contributed by atoms with Crippen LogP contribution in [0.1, 0.15) is 53.2 Å². The summed E-state index contributed by atoms with van der Waals surface area (Å²) in [5.41, 5.74) is 4.14. The highest BCUT2D eigenvalue weighted by Gasteiger charge is 2.31. The van der Waals surface area contributed by atoms with Crippen LogP contribution in [0.25, 0.3) is 5.57 Å². The van der Waals surface area contributed by atoms with Gasteiger partial charge in [0, 0.05) is 61.6 Å². The molecule has 0 saturated carbocycles. The minimum absolute atomic E-state index is 0.00828. The minimum Gasteiger partial charge on any atom is -0.627 e. The van der Waals surface area contributed by atoms with E-state index in [1.165, 1.54) is 6.07 Å². The van der Waals surface area contributed by atoms with Crippen molar-refractivity contribution >= 4 is 37.2 Å². The second-order valence-electron chi connectivity index (χ2n) is 13.8. The Morgan fingerprint density at radius 3 is 2.29 bits per heavy atom. The molecule has 0 saturated heterocycles. The number of carbonyl (C=O) groups is 2. The normalized spacial score (nSPS) is 16.0. The summed E-state index contributed by atoms with van der Waals surface area (Å²) in [4.78, 5) is 43.0. The summed E-state index contributed by atoms with van der Waals surface area (Å²) in [5, 5.41) is 24.0. The Morgan fingerprint density at radius 2 is 1.62 bits per heavy atom. The van der Waals surface area contributed by atoms with Gasteiger partial charge in [-0.3, -0.25) is 4.90 Å². The van der Waals surface area contributed by atoms with Gasteiger partial charge < -0.3 is 49.0 Å². The number of halogens is 1. The molecule has 1 amide bonds. The summed E-state index contributed by atoms with van der Waals surface area (Å²) in [6.45, 7) is 3.79. The lowest BCUT2D eigenvalue weighted by atomic mass is 9.84. The number of carboxylic acids is 1. The van der Waals surface area contributed by atoms with Crippen molar-refractivity contribution in [1.82, 2.24) is 10.2 Å². The molecule has 2 aromatic carbocycles. The molecule has 1 aliphatic carbocycles. The molecule has 2 aliphatic rings. The number of aliphatic hydroxyl groups excluding tert-OH is 1. The monoisotopic (exact) mass is 831 g/mol. The van der Waals surface area contributed by atoms with Crippen molar-refractivity contribution < 1.29 is 62.1 Å². The van der Waals surface area contributed by atoms with E-state index < -0.39 is 20.1 Å². The van der Waals surface area contributed by atoms with E-state index >= 15 is 0 Å². The first-order valence-electron chi connectivity index (χ1n) is 19.4. The van der Waals surface area contributed by atoms with Crippen molar-refractivity contribution in [2.45, 2.75) is 32.2 Å². The number of carbonyl (C=O) groups excluding carboxylic acids is 1. The SMILES string of the molecule is CCO[P+]([O-])(F)CCOCCOCCOCCOC(=O)NCCCCC[NH+]=C(O)c1ccc(C2=C3C=CC(N(C)C)C=C3Oc3cc(N(C)C)ccc32)c(C(=O)O)c1. The Balaban J connectivity index is 1.18. The second-order valence-corrected chi connectivity index (χ2v) is 15.7. The Hall–Kier alpha value is -4.41. The van der Waals surface area contributed by atoms with Crippen LogP contribution in [0.2, 0.25) is 0 Å². The van der Waals surface area contributed by atoms with Gasteiger partial charge in [-0.05, 0) is 74.0 Å². The average molecular weight is 832 g/mol. The molecule has 2 aromatic rings. The van der Waals surface area contributed by atoms with Crippen LogP contribution in [0.5, 0.6) is 5.75 Å². The second kappa shape index (κ2) is 23.2. The number of amides is 1. The minimum atomic E-state index is -4.08. The van der Waals surface area contributed by atoms with Crippen molar-refractivity contribution in [1.29, 1.82) is 0 Å². The molecular weight excluding hydrogens is 774 g/mol. The first-order valence-corrected chi connectivity index (χ1v) is 21.1. The number of nitrogens with zero attached hydrogens (tertiary/aromatic N) is 2. The number of rotatable bonds is 25. The molecule has 4 rings (SSSR count). The largest absolute Gasteiger partial charge is 0.627 e. The third-order valence-electron chi connectivity index (χ3n) is 9.12. The van der Waals surface area contributed by atoms with Gasteiger partial charge in [0.05, 0.1) is 57.4 Å². The zero-order valence-corrected chi connectivity index (χ0v) is 34.9. The quantitative estimate of drug-likeness (QED) is 0.0494. The van der Waals surface area contributed by atoms with Crippen LogP contribution >= 0.6 is 8.03 Å². The van der Waals surface area contributed by atoms with Gasteiger partial charge in [-0.25, -0.2) is 19.1 Å².